The first-order chi connectivity index (χ1) is 5.64. The number of hydrogen-bond acceptors (Lipinski definition) is 2. The highest BCUT2D eigenvalue weighted by Gasteiger charge is 2.33. The molecule has 0 aromatic carbocycles. The summed E-state index contributed by atoms with van der Waals surface area (Å²) in [5, 5.41) is -0.581. The van der Waals surface area contributed by atoms with Crippen LogP contribution in [0.25, 0.3) is 0 Å². The van der Waals surface area contributed by atoms with Crippen LogP contribution in [0.4, 0.5) is 26.3 Å². The number of hydrogen-bond donors (Lipinski definition) is 1. The van der Waals surface area contributed by atoms with E-state index in [0.29, 0.717) is 5.32 Å². The van der Waals surface area contributed by atoms with E-state index in [4.69, 9.17) is 0 Å². The van der Waals surface area contributed by atoms with Gasteiger partial charge in [0.2, 0.25) is 0 Å². The number of nitrogens with one attached hydrogen (secondary N) is 1. The zero-order chi connectivity index (χ0) is 10.7. The second-order valence-electron chi connectivity index (χ2n) is 1.71. The van der Waals surface area contributed by atoms with E-state index in [9.17, 15) is 26.3 Å². The smallest absolute Gasteiger partial charge is 0.276 e. The second kappa shape index (κ2) is 4.07. The van der Waals surface area contributed by atoms with Gasteiger partial charge < -0.3 is 0 Å². The zero-order valence-electron chi connectivity index (χ0n) is 6.12. The SMILES string of the molecule is CSC(=NC(F)(F)F)NC(F)(F)F. The molecule has 13 heavy (non-hydrogen) atoms. The Bertz CT molecular complexity index is 194. The zero-order valence-corrected chi connectivity index (χ0v) is 6.94. The molecule has 0 amide bonds. The third-order valence-electron chi connectivity index (χ3n) is 0.670. The van der Waals surface area contributed by atoms with Gasteiger partial charge in [0.1, 0.15) is 0 Å². The van der Waals surface area contributed by atoms with E-state index >= 15 is 0 Å². The number of nitrogens with zero attached hydrogens (tertiary/aromatic N) is 1. The van der Waals surface area contributed by atoms with E-state index in [2.05, 4.69) is 0 Å². The minimum atomic E-state index is -5.00. The number of alkyl halides is 6. The molecule has 78 valence electrons. The fraction of sp³-hybridized carbons (Fsp3) is 0.750. The lowest BCUT2D eigenvalue weighted by Gasteiger charge is -2.10. The van der Waals surface area contributed by atoms with Gasteiger partial charge in [0, 0.05) is 0 Å². The van der Waals surface area contributed by atoms with Crippen LogP contribution in [0.15, 0.2) is 4.99 Å². The predicted molar refractivity (Wildman–Crippen MR) is 36.2 cm³/mol. The molecule has 0 saturated heterocycles. The Morgan fingerprint density at radius 3 is 1.85 bits per heavy atom. The van der Waals surface area contributed by atoms with Crippen LogP contribution in [0.2, 0.25) is 0 Å². The molecule has 0 spiro atoms. The topological polar surface area (TPSA) is 24.4 Å². The standard InChI is InChI=1S/C4H4F6N2S/c1-13-2(11-3(5,6)7)12-4(8,9)10/h1H3,(H,11,12). The number of amidine groups is 1. The molecule has 0 radical (unpaired) electrons. The lowest BCUT2D eigenvalue weighted by Crippen LogP contribution is -2.36. The maximum absolute atomic E-state index is 11.5. The summed E-state index contributed by atoms with van der Waals surface area (Å²) >= 11 is 0.223. The van der Waals surface area contributed by atoms with Gasteiger partial charge in [-0.15, -0.1) is 13.2 Å². The van der Waals surface area contributed by atoms with Gasteiger partial charge in [-0.25, -0.2) is 0 Å². The molecule has 0 aliphatic heterocycles. The van der Waals surface area contributed by atoms with E-state index in [1.54, 1.807) is 0 Å². The van der Waals surface area contributed by atoms with Crippen molar-refractivity contribution in [2.45, 2.75) is 12.6 Å². The lowest BCUT2D eigenvalue weighted by atomic mass is 11.0. The number of thioether (sulfide) groups is 1. The average Bonchev–Trinajstić information content (AvgIpc) is 1.79. The van der Waals surface area contributed by atoms with E-state index < -0.39 is 17.8 Å². The Morgan fingerprint density at radius 2 is 1.62 bits per heavy atom. The Balaban J connectivity index is 4.45. The predicted octanol–water partition coefficient (Wildman–Crippen LogP) is 2.33. The number of aliphatic imine (C=N–C) groups is 1. The van der Waals surface area contributed by atoms with E-state index in [0.717, 1.165) is 6.26 Å². The third-order valence-corrected chi connectivity index (χ3v) is 1.25. The van der Waals surface area contributed by atoms with Gasteiger partial charge in [-0.2, -0.15) is 18.2 Å². The molecule has 9 heteroatoms. The van der Waals surface area contributed by atoms with Gasteiger partial charge in [-0.05, 0) is 6.26 Å². The molecule has 0 heterocycles. The van der Waals surface area contributed by atoms with Crippen LogP contribution >= 0.6 is 11.8 Å². The Hall–Kier alpha value is -0.600. The lowest BCUT2D eigenvalue weighted by molar-refractivity contribution is -0.143. The highest BCUT2D eigenvalue weighted by Crippen LogP contribution is 2.20. The molecule has 0 aliphatic carbocycles. The molecule has 1 N–H and O–H groups in total. The van der Waals surface area contributed by atoms with E-state index in [1.807, 2.05) is 4.99 Å². The first-order valence-electron chi connectivity index (χ1n) is 2.69. The Morgan fingerprint density at radius 1 is 1.15 bits per heavy atom. The molecular weight excluding hydrogens is 222 g/mol. The molecule has 0 unspecified atom stereocenters. The second-order valence-corrected chi connectivity index (χ2v) is 2.51. The molecule has 0 fully saturated rings. The van der Waals surface area contributed by atoms with Crippen LogP contribution in [0.1, 0.15) is 0 Å². The van der Waals surface area contributed by atoms with Crippen LogP contribution in [0.5, 0.6) is 0 Å². The first-order valence-corrected chi connectivity index (χ1v) is 3.92. The van der Waals surface area contributed by atoms with Crippen molar-refractivity contribution in [3.05, 3.63) is 0 Å². The van der Waals surface area contributed by atoms with Crippen LogP contribution < -0.4 is 5.32 Å². The van der Waals surface area contributed by atoms with Crippen molar-refractivity contribution in [1.29, 1.82) is 0 Å². The van der Waals surface area contributed by atoms with Gasteiger partial charge >= 0.3 is 12.6 Å². The maximum atomic E-state index is 11.5. The van der Waals surface area contributed by atoms with Gasteiger partial charge in [0.05, 0.1) is 0 Å². The monoisotopic (exact) mass is 226 g/mol. The van der Waals surface area contributed by atoms with E-state index in [1.165, 1.54) is 0 Å². The molecule has 0 bridgehead atoms. The molecular formula is C4H4F6N2S. The van der Waals surface area contributed by atoms with Crippen molar-refractivity contribution in [3.63, 3.8) is 0 Å². The molecule has 0 rings (SSSR count). The normalized spacial score (nSPS) is 14.5. The van der Waals surface area contributed by atoms with Crippen LogP contribution in [0, 0.1) is 0 Å². The van der Waals surface area contributed by atoms with Gasteiger partial charge in [0.15, 0.2) is 5.17 Å². The number of rotatable bonds is 0. The summed E-state index contributed by atoms with van der Waals surface area (Å²) in [5.41, 5.74) is 0. The quantitative estimate of drug-likeness (QED) is 0.297. The van der Waals surface area contributed by atoms with Crippen molar-refractivity contribution < 1.29 is 26.3 Å². The molecule has 0 aromatic rings. The number of halogens is 6. The van der Waals surface area contributed by atoms with Crippen LogP contribution in [-0.2, 0) is 0 Å². The molecule has 0 aromatic heterocycles. The van der Waals surface area contributed by atoms with Gasteiger partial charge in [-0.3, -0.25) is 5.32 Å². The van der Waals surface area contributed by atoms with Crippen molar-refractivity contribution in [3.8, 4) is 0 Å². The molecule has 0 aliphatic rings. The van der Waals surface area contributed by atoms with Crippen molar-refractivity contribution in [1.82, 2.24) is 5.32 Å². The minimum Gasteiger partial charge on any atom is -0.276 e. The average molecular weight is 226 g/mol. The summed E-state index contributed by atoms with van der Waals surface area (Å²) in [6, 6.07) is 0. The first kappa shape index (κ1) is 12.4. The fourth-order valence-corrected chi connectivity index (χ4v) is 0.774. The van der Waals surface area contributed by atoms with Crippen molar-refractivity contribution >= 4 is 16.9 Å². The van der Waals surface area contributed by atoms with Crippen molar-refractivity contribution in [2.75, 3.05) is 6.26 Å². The fourth-order valence-electron chi connectivity index (χ4n) is 0.361. The maximum Gasteiger partial charge on any atom is 0.505 e. The largest absolute Gasteiger partial charge is 0.505 e. The summed E-state index contributed by atoms with van der Waals surface area (Å²) in [6.45, 7) is 0. The summed E-state index contributed by atoms with van der Waals surface area (Å²) in [7, 11) is 0. The summed E-state index contributed by atoms with van der Waals surface area (Å²) in [4.78, 5) is 1.86. The highest BCUT2D eigenvalue weighted by atomic mass is 32.2. The van der Waals surface area contributed by atoms with Gasteiger partial charge in [-0.1, -0.05) is 11.8 Å². The third kappa shape index (κ3) is 7.75. The summed E-state index contributed by atoms with van der Waals surface area (Å²) in [6.07, 6.45) is -8.87. The summed E-state index contributed by atoms with van der Waals surface area (Å²) in [5.74, 6) is 0. The highest BCUT2D eigenvalue weighted by molar-refractivity contribution is 8.13. The van der Waals surface area contributed by atoms with Gasteiger partial charge in [0.25, 0.3) is 0 Å². The molecule has 2 nitrogen and oxygen atoms in total. The minimum absolute atomic E-state index is 0.223. The van der Waals surface area contributed by atoms with Crippen LogP contribution in [-0.4, -0.2) is 24.0 Å². The summed E-state index contributed by atoms with van der Waals surface area (Å²) < 4.78 is 68.9. The Labute approximate surface area is 73.4 Å². The Kier molecular flexibility index (Phi) is 3.88. The van der Waals surface area contributed by atoms with Crippen LogP contribution in [0.3, 0.4) is 0 Å². The molecule has 0 saturated carbocycles. The molecule has 0 atom stereocenters. The van der Waals surface area contributed by atoms with Crippen molar-refractivity contribution in [2.24, 2.45) is 4.99 Å². The van der Waals surface area contributed by atoms with E-state index in [-0.39, 0.29) is 11.8 Å².